The van der Waals surface area contributed by atoms with Crippen LogP contribution in [0.3, 0.4) is 0 Å². The van der Waals surface area contributed by atoms with Gasteiger partial charge in [0, 0.05) is 0 Å². The second kappa shape index (κ2) is 5.86. The van der Waals surface area contributed by atoms with Gasteiger partial charge < -0.3 is 9.47 Å². The van der Waals surface area contributed by atoms with Crippen molar-refractivity contribution in [3.63, 3.8) is 0 Å². The average molecular weight is 282 g/mol. The summed E-state index contributed by atoms with van der Waals surface area (Å²) < 4.78 is 49.0. The first kappa shape index (κ1) is 14.2. The molecule has 0 N–H and O–H groups in total. The lowest BCUT2D eigenvalue weighted by Crippen LogP contribution is -2.09. The van der Waals surface area contributed by atoms with Crippen molar-refractivity contribution in [3.8, 4) is 11.5 Å². The third-order valence-electron chi connectivity index (χ3n) is 2.73. The van der Waals surface area contributed by atoms with Gasteiger partial charge >= 0.3 is 6.18 Å². The molecule has 0 saturated carbocycles. The fourth-order valence-corrected chi connectivity index (χ4v) is 1.72. The minimum Gasteiger partial charge on any atom is -0.497 e. The van der Waals surface area contributed by atoms with Crippen LogP contribution in [0.5, 0.6) is 11.5 Å². The van der Waals surface area contributed by atoms with Crippen LogP contribution in [-0.2, 0) is 12.8 Å². The first-order chi connectivity index (χ1) is 9.50. The summed E-state index contributed by atoms with van der Waals surface area (Å²) in [7, 11) is 1.32. The number of halogens is 3. The van der Waals surface area contributed by atoms with Crippen molar-refractivity contribution < 1.29 is 22.6 Å². The molecule has 0 heterocycles. The number of ether oxygens (including phenoxy) is 2. The maximum absolute atomic E-state index is 13.0. The lowest BCUT2D eigenvalue weighted by atomic mass is 10.1. The van der Waals surface area contributed by atoms with Crippen LogP contribution >= 0.6 is 0 Å². The Morgan fingerprint density at radius 1 is 1.00 bits per heavy atom. The molecule has 0 spiro atoms. The number of hydrogen-bond donors (Lipinski definition) is 0. The van der Waals surface area contributed by atoms with Crippen LogP contribution in [0.1, 0.15) is 11.1 Å². The van der Waals surface area contributed by atoms with Crippen molar-refractivity contribution in [3.05, 3.63) is 59.7 Å². The zero-order valence-electron chi connectivity index (χ0n) is 10.8. The molecule has 0 aliphatic carbocycles. The maximum Gasteiger partial charge on any atom is 0.420 e. The predicted molar refractivity (Wildman–Crippen MR) is 68.8 cm³/mol. The fourth-order valence-electron chi connectivity index (χ4n) is 1.72. The Kier molecular flexibility index (Phi) is 4.17. The molecule has 5 heteroatoms. The molecule has 0 amide bonds. The summed E-state index contributed by atoms with van der Waals surface area (Å²) >= 11 is 0. The van der Waals surface area contributed by atoms with Gasteiger partial charge in [-0.3, -0.25) is 0 Å². The van der Waals surface area contributed by atoms with Crippen LogP contribution in [0.25, 0.3) is 0 Å². The second-order valence-electron chi connectivity index (χ2n) is 4.13. The van der Waals surface area contributed by atoms with E-state index < -0.39 is 11.7 Å². The van der Waals surface area contributed by atoms with E-state index >= 15 is 0 Å². The molecule has 0 bridgehead atoms. The van der Waals surface area contributed by atoms with Gasteiger partial charge in [-0.2, -0.15) is 13.2 Å². The summed E-state index contributed by atoms with van der Waals surface area (Å²) in [5, 5.41) is 0. The molecule has 106 valence electrons. The number of methoxy groups -OCH3 is 1. The number of alkyl halides is 3. The zero-order chi connectivity index (χ0) is 14.6. The lowest BCUT2D eigenvalue weighted by molar-refractivity contribution is -0.139. The van der Waals surface area contributed by atoms with Crippen LogP contribution in [0.2, 0.25) is 0 Å². The lowest BCUT2D eigenvalue weighted by Gasteiger charge is -2.15. The molecule has 0 radical (unpaired) electrons. The van der Waals surface area contributed by atoms with E-state index in [1.54, 1.807) is 24.3 Å². The summed E-state index contributed by atoms with van der Waals surface area (Å²) in [5.41, 5.74) is -0.0378. The molecule has 2 nitrogen and oxygen atoms in total. The van der Waals surface area contributed by atoms with Gasteiger partial charge in [-0.25, -0.2) is 0 Å². The van der Waals surface area contributed by atoms with Crippen LogP contribution < -0.4 is 9.47 Å². The summed E-state index contributed by atoms with van der Waals surface area (Å²) in [6.07, 6.45) is -4.49. The van der Waals surface area contributed by atoms with Crippen molar-refractivity contribution in [1.29, 1.82) is 0 Å². The van der Waals surface area contributed by atoms with Crippen molar-refractivity contribution in [2.75, 3.05) is 7.11 Å². The Balaban J connectivity index is 2.23. The SMILES string of the molecule is COc1ccc(OCc2ccccc2)c(C(F)(F)F)c1. The number of hydrogen-bond acceptors (Lipinski definition) is 2. The van der Waals surface area contributed by atoms with Gasteiger partial charge in [0.1, 0.15) is 23.7 Å². The summed E-state index contributed by atoms with van der Waals surface area (Å²) in [6.45, 7) is 0.0796. The summed E-state index contributed by atoms with van der Waals surface area (Å²) in [6, 6.07) is 12.7. The van der Waals surface area contributed by atoms with E-state index in [1.165, 1.54) is 19.2 Å². The Bertz CT molecular complexity index is 565. The highest BCUT2D eigenvalue weighted by atomic mass is 19.4. The Labute approximate surface area is 114 Å². The van der Waals surface area contributed by atoms with Crippen molar-refractivity contribution >= 4 is 0 Å². The molecule has 2 rings (SSSR count). The molecular weight excluding hydrogens is 269 g/mol. The van der Waals surface area contributed by atoms with E-state index in [2.05, 4.69) is 0 Å². The van der Waals surface area contributed by atoms with Crippen LogP contribution in [0, 0.1) is 0 Å². The summed E-state index contributed by atoms with van der Waals surface area (Å²) in [4.78, 5) is 0. The highest BCUT2D eigenvalue weighted by Crippen LogP contribution is 2.38. The molecule has 0 saturated heterocycles. The molecule has 0 fully saturated rings. The van der Waals surface area contributed by atoms with E-state index in [0.29, 0.717) is 0 Å². The van der Waals surface area contributed by atoms with Gasteiger partial charge in [0.25, 0.3) is 0 Å². The first-order valence-electron chi connectivity index (χ1n) is 5.92. The molecule has 0 aromatic heterocycles. The summed E-state index contributed by atoms with van der Waals surface area (Å²) in [5.74, 6) is -0.0634. The Hall–Kier alpha value is -2.17. The standard InChI is InChI=1S/C15H13F3O2/c1-19-12-7-8-14(13(9-12)15(16,17)18)20-10-11-5-3-2-4-6-11/h2-9H,10H2,1H3. The minimum absolute atomic E-state index is 0.0796. The van der Waals surface area contributed by atoms with Gasteiger partial charge in [0.15, 0.2) is 0 Å². The molecule has 0 unspecified atom stereocenters. The third-order valence-corrected chi connectivity index (χ3v) is 2.73. The normalized spacial score (nSPS) is 11.2. The predicted octanol–water partition coefficient (Wildman–Crippen LogP) is 4.29. The van der Waals surface area contributed by atoms with Crippen LogP contribution in [-0.4, -0.2) is 7.11 Å². The molecule has 2 aromatic carbocycles. The largest absolute Gasteiger partial charge is 0.497 e. The molecule has 0 atom stereocenters. The van der Waals surface area contributed by atoms with Gasteiger partial charge in [-0.15, -0.1) is 0 Å². The number of rotatable bonds is 4. The monoisotopic (exact) mass is 282 g/mol. The molecule has 0 aliphatic rings. The van der Waals surface area contributed by atoms with Gasteiger partial charge in [-0.05, 0) is 23.8 Å². The molecule has 2 aromatic rings. The maximum atomic E-state index is 13.0. The van der Waals surface area contributed by atoms with Crippen molar-refractivity contribution in [1.82, 2.24) is 0 Å². The zero-order valence-corrected chi connectivity index (χ0v) is 10.8. The highest BCUT2D eigenvalue weighted by molar-refractivity contribution is 5.42. The van der Waals surface area contributed by atoms with Gasteiger partial charge in [0.05, 0.1) is 7.11 Å². The van der Waals surface area contributed by atoms with Crippen molar-refractivity contribution in [2.45, 2.75) is 12.8 Å². The minimum atomic E-state index is -4.49. The van der Waals surface area contributed by atoms with Crippen molar-refractivity contribution in [2.24, 2.45) is 0 Å². The first-order valence-corrected chi connectivity index (χ1v) is 5.92. The van der Waals surface area contributed by atoms with E-state index in [-0.39, 0.29) is 18.1 Å². The molecule has 0 aliphatic heterocycles. The van der Waals surface area contributed by atoms with Crippen LogP contribution in [0.4, 0.5) is 13.2 Å². The smallest absolute Gasteiger partial charge is 0.420 e. The second-order valence-corrected chi connectivity index (χ2v) is 4.13. The quantitative estimate of drug-likeness (QED) is 0.832. The van der Waals surface area contributed by atoms with E-state index in [4.69, 9.17) is 9.47 Å². The number of benzene rings is 2. The highest BCUT2D eigenvalue weighted by Gasteiger charge is 2.35. The van der Waals surface area contributed by atoms with Crippen LogP contribution in [0.15, 0.2) is 48.5 Å². The fraction of sp³-hybridized carbons (Fsp3) is 0.200. The van der Waals surface area contributed by atoms with E-state index in [1.807, 2.05) is 6.07 Å². The molecule has 20 heavy (non-hydrogen) atoms. The van der Waals surface area contributed by atoms with E-state index in [9.17, 15) is 13.2 Å². The Morgan fingerprint density at radius 2 is 1.70 bits per heavy atom. The average Bonchev–Trinajstić information content (AvgIpc) is 2.45. The van der Waals surface area contributed by atoms with E-state index in [0.717, 1.165) is 11.6 Å². The third kappa shape index (κ3) is 3.44. The van der Waals surface area contributed by atoms with Gasteiger partial charge in [0.2, 0.25) is 0 Å². The van der Waals surface area contributed by atoms with Gasteiger partial charge in [-0.1, -0.05) is 30.3 Å². The topological polar surface area (TPSA) is 18.5 Å². The Morgan fingerprint density at radius 3 is 2.30 bits per heavy atom. The molecular formula is C15H13F3O2.